The molecule has 7 rings (SSSR count). The molecule has 0 aromatic heterocycles. The zero-order valence-electron chi connectivity index (χ0n) is 19.6. The number of allylic oxidation sites excluding steroid dienone is 3. The van der Waals surface area contributed by atoms with E-state index in [1.54, 1.807) is 0 Å². The van der Waals surface area contributed by atoms with E-state index in [4.69, 9.17) is 18.9 Å². The first-order chi connectivity index (χ1) is 17.3. The van der Waals surface area contributed by atoms with Gasteiger partial charge in [-0.3, -0.25) is 0 Å². The van der Waals surface area contributed by atoms with Gasteiger partial charge in [0.05, 0.1) is 18.6 Å². The van der Waals surface area contributed by atoms with E-state index < -0.39 is 0 Å². The van der Waals surface area contributed by atoms with E-state index in [2.05, 4.69) is 91.0 Å². The molecule has 4 heteroatoms. The van der Waals surface area contributed by atoms with Crippen LogP contribution in [0.4, 0.5) is 0 Å². The second-order valence-corrected chi connectivity index (χ2v) is 9.76. The third-order valence-corrected chi connectivity index (χ3v) is 7.60. The van der Waals surface area contributed by atoms with E-state index >= 15 is 0 Å². The van der Waals surface area contributed by atoms with Crippen LogP contribution in [0.2, 0.25) is 0 Å². The van der Waals surface area contributed by atoms with E-state index in [0.29, 0.717) is 13.2 Å². The van der Waals surface area contributed by atoms with Crippen LogP contribution in [-0.2, 0) is 19.6 Å². The molecule has 2 heterocycles. The lowest BCUT2D eigenvalue weighted by Crippen LogP contribution is -2.35. The van der Waals surface area contributed by atoms with Gasteiger partial charge in [-0.05, 0) is 64.4 Å². The number of rotatable bonds is 8. The van der Waals surface area contributed by atoms with Crippen molar-refractivity contribution in [1.82, 2.24) is 0 Å². The lowest BCUT2D eigenvalue weighted by molar-refractivity contribution is 0.189. The van der Waals surface area contributed by atoms with Crippen molar-refractivity contribution in [2.75, 3.05) is 26.4 Å². The van der Waals surface area contributed by atoms with Crippen molar-refractivity contribution in [2.45, 2.75) is 24.0 Å². The molecule has 0 N–H and O–H groups in total. The molecule has 176 valence electrons. The van der Waals surface area contributed by atoms with Crippen molar-refractivity contribution in [2.24, 2.45) is 5.92 Å². The molecule has 2 fully saturated rings. The summed E-state index contributed by atoms with van der Waals surface area (Å²) in [6.07, 6.45) is 8.14. The molecule has 0 radical (unpaired) electrons. The van der Waals surface area contributed by atoms with E-state index in [1.807, 2.05) is 0 Å². The predicted molar refractivity (Wildman–Crippen MR) is 134 cm³/mol. The minimum Gasteiger partial charge on any atom is -0.491 e. The molecule has 4 nitrogen and oxygen atoms in total. The highest BCUT2D eigenvalue weighted by Crippen LogP contribution is 2.58. The number of ether oxygens (including phenoxy) is 4. The Morgan fingerprint density at radius 3 is 1.91 bits per heavy atom. The first-order valence-corrected chi connectivity index (χ1v) is 12.5. The van der Waals surface area contributed by atoms with Gasteiger partial charge in [-0.25, -0.2) is 0 Å². The molecular formula is C31H28O4. The number of hydrogen-bond donors (Lipinski definition) is 0. The maximum Gasteiger partial charge on any atom is 0.119 e. The third-order valence-electron chi connectivity index (χ3n) is 7.60. The van der Waals surface area contributed by atoms with Crippen LogP contribution in [0, 0.1) is 5.92 Å². The van der Waals surface area contributed by atoms with Crippen molar-refractivity contribution in [3.63, 3.8) is 0 Å². The molecule has 35 heavy (non-hydrogen) atoms. The molecular weight excluding hydrogens is 436 g/mol. The molecule has 0 amide bonds. The third kappa shape index (κ3) is 3.69. The van der Waals surface area contributed by atoms with Gasteiger partial charge in [0.2, 0.25) is 0 Å². The zero-order valence-corrected chi connectivity index (χ0v) is 19.6. The molecule has 2 aliphatic heterocycles. The van der Waals surface area contributed by atoms with Gasteiger partial charge in [-0.1, -0.05) is 66.7 Å². The monoisotopic (exact) mass is 464 g/mol. The van der Waals surface area contributed by atoms with Gasteiger partial charge < -0.3 is 18.9 Å². The minimum absolute atomic E-state index is 0.247. The second kappa shape index (κ2) is 8.40. The molecule has 4 aliphatic rings. The molecule has 3 atom stereocenters. The van der Waals surface area contributed by atoms with E-state index in [1.165, 1.54) is 27.8 Å². The molecule has 3 unspecified atom stereocenters. The summed E-state index contributed by atoms with van der Waals surface area (Å²) in [4.78, 5) is 0. The summed E-state index contributed by atoms with van der Waals surface area (Å²) in [7, 11) is 0. The van der Waals surface area contributed by atoms with Gasteiger partial charge in [-0.2, -0.15) is 0 Å². The summed E-state index contributed by atoms with van der Waals surface area (Å²) in [5.74, 6) is 2.08. The Bertz CT molecular complexity index is 1250. The molecule has 0 bridgehead atoms. The summed E-state index contributed by atoms with van der Waals surface area (Å²) >= 11 is 0. The van der Waals surface area contributed by atoms with Crippen LogP contribution in [0.15, 0.2) is 96.8 Å². The normalized spacial score (nSPS) is 24.8. The summed E-state index contributed by atoms with van der Waals surface area (Å²) in [6.45, 7) is 2.85. The quantitative estimate of drug-likeness (QED) is 0.404. The van der Waals surface area contributed by atoms with Crippen molar-refractivity contribution in [3.8, 4) is 16.9 Å². The second-order valence-electron chi connectivity index (χ2n) is 9.76. The van der Waals surface area contributed by atoms with Crippen molar-refractivity contribution in [1.29, 1.82) is 0 Å². The van der Waals surface area contributed by atoms with Crippen molar-refractivity contribution < 1.29 is 18.9 Å². The van der Waals surface area contributed by atoms with Crippen molar-refractivity contribution >= 4 is 0 Å². The fourth-order valence-corrected chi connectivity index (χ4v) is 5.74. The van der Waals surface area contributed by atoms with Crippen LogP contribution >= 0.6 is 0 Å². The molecule has 0 spiro atoms. The van der Waals surface area contributed by atoms with Gasteiger partial charge >= 0.3 is 0 Å². The summed E-state index contributed by atoms with van der Waals surface area (Å²) in [6, 6.07) is 26.5. The predicted octanol–water partition coefficient (Wildman–Crippen LogP) is 5.65. The van der Waals surface area contributed by atoms with Crippen LogP contribution in [0.5, 0.6) is 5.75 Å². The lowest BCUT2D eigenvalue weighted by atomic mass is 9.62. The van der Waals surface area contributed by atoms with Gasteiger partial charge in [0.1, 0.15) is 36.9 Å². The Morgan fingerprint density at radius 2 is 1.34 bits per heavy atom. The number of hydrogen-bond acceptors (Lipinski definition) is 4. The Morgan fingerprint density at radius 1 is 0.743 bits per heavy atom. The summed E-state index contributed by atoms with van der Waals surface area (Å²) in [5.41, 5.74) is 6.35. The van der Waals surface area contributed by atoms with Crippen LogP contribution in [0.3, 0.4) is 0 Å². The average Bonchev–Trinajstić information content (AvgIpc) is 3.85. The molecule has 3 aromatic rings. The molecule has 2 aliphatic carbocycles. The first kappa shape index (κ1) is 21.0. The number of epoxide rings is 2. The van der Waals surface area contributed by atoms with Gasteiger partial charge in [0, 0.05) is 0 Å². The Labute approximate surface area is 205 Å². The largest absolute Gasteiger partial charge is 0.491 e. The highest BCUT2D eigenvalue weighted by molar-refractivity contribution is 5.84. The number of benzene rings is 3. The van der Waals surface area contributed by atoms with Crippen LogP contribution in [-0.4, -0.2) is 38.6 Å². The standard InChI is InChI=1S/C31H28O4/c1-3-7-29-27(5-1)28-6-2-4-8-30(28)31(29,21-9-13-23(14-10-21)32-17-25-19-34-25)22-11-15-24(16-12-22)33-18-26-20-35-26/h1-11,13-16,22,25-26H,12,17-20H2. The van der Waals surface area contributed by atoms with Gasteiger partial charge in [0.15, 0.2) is 0 Å². The van der Waals surface area contributed by atoms with Gasteiger partial charge in [0.25, 0.3) is 0 Å². The van der Waals surface area contributed by atoms with Crippen LogP contribution in [0.25, 0.3) is 11.1 Å². The summed E-state index contributed by atoms with van der Waals surface area (Å²) < 4.78 is 22.5. The zero-order chi connectivity index (χ0) is 23.2. The highest BCUT2D eigenvalue weighted by atomic mass is 16.6. The van der Waals surface area contributed by atoms with E-state index in [-0.39, 0.29) is 23.5 Å². The molecule has 0 saturated carbocycles. The van der Waals surface area contributed by atoms with Crippen LogP contribution < -0.4 is 4.74 Å². The molecule has 2 saturated heterocycles. The Hall–Kier alpha value is -3.34. The first-order valence-electron chi connectivity index (χ1n) is 12.5. The fraction of sp³-hybridized carbons (Fsp3) is 0.290. The Kier molecular flexibility index (Phi) is 5.04. The van der Waals surface area contributed by atoms with E-state index in [0.717, 1.165) is 31.1 Å². The van der Waals surface area contributed by atoms with Crippen LogP contribution in [0.1, 0.15) is 23.1 Å². The van der Waals surface area contributed by atoms with Crippen molar-refractivity contribution in [3.05, 3.63) is 113 Å². The fourth-order valence-electron chi connectivity index (χ4n) is 5.74. The SMILES string of the molecule is C1=CC(C2(c3ccc(OCC4CO4)cc3)c3ccccc3-c3ccccc32)CC=C1OCC1CO1. The maximum absolute atomic E-state index is 5.98. The average molecular weight is 465 g/mol. The van der Waals surface area contributed by atoms with E-state index in [9.17, 15) is 0 Å². The number of fused-ring (bicyclic) bond motifs is 3. The van der Waals surface area contributed by atoms with Gasteiger partial charge in [-0.15, -0.1) is 0 Å². The maximum atomic E-state index is 5.98. The lowest BCUT2D eigenvalue weighted by Gasteiger charge is -2.40. The summed E-state index contributed by atoms with van der Waals surface area (Å²) in [5, 5.41) is 0. The molecule has 3 aromatic carbocycles. The smallest absolute Gasteiger partial charge is 0.119 e. The minimum atomic E-state index is -0.288. The highest BCUT2D eigenvalue weighted by Gasteiger charge is 2.49. The Balaban J connectivity index is 1.30. The topological polar surface area (TPSA) is 43.5 Å².